The number of rotatable bonds is 5. The fourth-order valence-electron chi connectivity index (χ4n) is 2.87. The van der Waals surface area contributed by atoms with Crippen LogP contribution in [0.15, 0.2) is 53.4 Å². The fourth-order valence-corrected chi connectivity index (χ4v) is 3.43. The van der Waals surface area contributed by atoms with Gasteiger partial charge in [0.25, 0.3) is 0 Å². The molecule has 110 valence electrons. The molecule has 1 saturated carbocycles. The number of thioether (sulfide) groups is 1. The number of nitrogens with one attached hydrogen (secondary N) is 1. The van der Waals surface area contributed by atoms with Gasteiger partial charge in [-0.2, -0.15) is 0 Å². The first-order valence-corrected chi connectivity index (χ1v) is 8.56. The van der Waals surface area contributed by atoms with Crippen molar-refractivity contribution in [2.45, 2.75) is 29.7 Å². The Morgan fingerprint density at radius 2 is 1.76 bits per heavy atom. The van der Waals surface area contributed by atoms with E-state index in [1.807, 2.05) is 0 Å². The quantitative estimate of drug-likeness (QED) is 0.803. The van der Waals surface area contributed by atoms with E-state index in [2.05, 4.69) is 60.1 Å². The van der Waals surface area contributed by atoms with Crippen LogP contribution in [0, 0.1) is 0 Å². The Hall–Kier alpha value is -1.61. The number of benzene rings is 2. The Kier molecular flexibility index (Phi) is 4.39. The van der Waals surface area contributed by atoms with E-state index in [0.717, 1.165) is 5.75 Å². The van der Waals surface area contributed by atoms with Gasteiger partial charge >= 0.3 is 0 Å². The van der Waals surface area contributed by atoms with E-state index in [9.17, 15) is 0 Å². The molecule has 2 nitrogen and oxygen atoms in total. The minimum absolute atomic E-state index is 0.588. The molecule has 0 saturated heterocycles. The van der Waals surface area contributed by atoms with Gasteiger partial charge in [0, 0.05) is 16.6 Å². The van der Waals surface area contributed by atoms with Crippen LogP contribution in [-0.4, -0.2) is 19.4 Å². The van der Waals surface area contributed by atoms with Crippen molar-refractivity contribution in [2.24, 2.45) is 0 Å². The fraction of sp³-hybridized carbons (Fsp3) is 0.333. The highest BCUT2D eigenvalue weighted by Gasteiger charge is 2.30. The van der Waals surface area contributed by atoms with Crippen molar-refractivity contribution in [2.75, 3.05) is 18.7 Å². The van der Waals surface area contributed by atoms with Crippen LogP contribution in [0.1, 0.15) is 24.3 Å². The first kappa shape index (κ1) is 14.3. The summed E-state index contributed by atoms with van der Waals surface area (Å²) in [5.41, 5.74) is 2.69. The second-order valence-corrected chi connectivity index (χ2v) is 6.33. The molecule has 0 spiro atoms. The molecule has 1 N–H and O–H groups in total. The molecule has 1 fully saturated rings. The highest BCUT2D eigenvalue weighted by molar-refractivity contribution is 7.98. The molecular formula is C18H21NOS. The number of hydrogen-bond acceptors (Lipinski definition) is 3. The van der Waals surface area contributed by atoms with Crippen molar-refractivity contribution >= 4 is 17.4 Å². The molecule has 0 unspecified atom stereocenters. The van der Waals surface area contributed by atoms with Gasteiger partial charge in [-0.25, -0.2) is 0 Å². The number of methoxy groups -OCH3 is 1. The Morgan fingerprint density at radius 1 is 1.05 bits per heavy atom. The van der Waals surface area contributed by atoms with Crippen LogP contribution in [-0.2, 0) is 0 Å². The number of para-hydroxylation sites is 1. The summed E-state index contributed by atoms with van der Waals surface area (Å²) in [5.74, 6) is 1.61. The third-order valence-corrected chi connectivity index (χ3v) is 4.99. The third-order valence-electron chi connectivity index (χ3n) is 4.19. The lowest BCUT2D eigenvalue weighted by molar-refractivity contribution is 0.372. The van der Waals surface area contributed by atoms with E-state index in [4.69, 9.17) is 4.74 Å². The molecule has 0 atom stereocenters. The molecule has 0 bridgehead atoms. The van der Waals surface area contributed by atoms with E-state index in [0.29, 0.717) is 12.0 Å². The van der Waals surface area contributed by atoms with E-state index in [1.165, 1.54) is 29.0 Å². The lowest BCUT2D eigenvalue weighted by atomic mass is 9.76. The maximum absolute atomic E-state index is 5.21. The summed E-state index contributed by atoms with van der Waals surface area (Å²) in [6.45, 7) is 0. The van der Waals surface area contributed by atoms with Gasteiger partial charge in [-0.3, -0.25) is 0 Å². The van der Waals surface area contributed by atoms with E-state index >= 15 is 0 Å². The summed E-state index contributed by atoms with van der Waals surface area (Å²) in [4.78, 5) is 1.32. The molecule has 0 radical (unpaired) electrons. The third kappa shape index (κ3) is 3.18. The van der Waals surface area contributed by atoms with Gasteiger partial charge in [0.1, 0.15) is 5.75 Å². The van der Waals surface area contributed by atoms with Gasteiger partial charge in [-0.1, -0.05) is 24.3 Å². The minimum Gasteiger partial charge on any atom is -0.497 e. The van der Waals surface area contributed by atoms with Gasteiger partial charge in [0.2, 0.25) is 0 Å². The SMILES string of the molecule is COc1ccc(C2CC(Nc3ccccc3SC)C2)cc1. The van der Waals surface area contributed by atoms with Crippen molar-refractivity contribution in [1.29, 1.82) is 0 Å². The molecular weight excluding hydrogens is 278 g/mol. The van der Waals surface area contributed by atoms with Crippen LogP contribution in [0.2, 0.25) is 0 Å². The monoisotopic (exact) mass is 299 g/mol. The Morgan fingerprint density at radius 3 is 2.43 bits per heavy atom. The van der Waals surface area contributed by atoms with Gasteiger partial charge < -0.3 is 10.1 Å². The molecule has 3 heteroatoms. The maximum atomic E-state index is 5.21. The summed E-state index contributed by atoms with van der Waals surface area (Å²) in [5, 5.41) is 3.67. The van der Waals surface area contributed by atoms with Crippen LogP contribution in [0.25, 0.3) is 0 Å². The van der Waals surface area contributed by atoms with Crippen LogP contribution >= 0.6 is 11.8 Å². The van der Waals surface area contributed by atoms with Crippen molar-refractivity contribution in [1.82, 2.24) is 0 Å². The second kappa shape index (κ2) is 6.44. The number of ether oxygens (including phenoxy) is 1. The van der Waals surface area contributed by atoms with Crippen LogP contribution in [0.5, 0.6) is 5.75 Å². The van der Waals surface area contributed by atoms with E-state index in [1.54, 1.807) is 18.9 Å². The summed E-state index contributed by atoms with van der Waals surface area (Å²) >= 11 is 1.80. The largest absolute Gasteiger partial charge is 0.497 e. The topological polar surface area (TPSA) is 21.3 Å². The molecule has 21 heavy (non-hydrogen) atoms. The number of anilines is 1. The summed E-state index contributed by atoms with van der Waals surface area (Å²) < 4.78 is 5.21. The molecule has 2 aromatic rings. The molecule has 2 aromatic carbocycles. The summed E-state index contributed by atoms with van der Waals surface area (Å²) in [6, 6.07) is 17.6. The highest BCUT2D eigenvalue weighted by atomic mass is 32.2. The van der Waals surface area contributed by atoms with Crippen molar-refractivity contribution in [3.05, 3.63) is 54.1 Å². The standard InChI is InChI=1S/C18H21NOS/c1-20-16-9-7-13(8-10-16)14-11-15(12-14)19-17-5-3-4-6-18(17)21-2/h3-10,14-15,19H,11-12H2,1-2H3. The lowest BCUT2D eigenvalue weighted by Crippen LogP contribution is -2.34. The summed E-state index contributed by atoms with van der Waals surface area (Å²) in [6.07, 6.45) is 4.53. The van der Waals surface area contributed by atoms with Crippen molar-refractivity contribution < 1.29 is 4.74 Å². The maximum Gasteiger partial charge on any atom is 0.118 e. The van der Waals surface area contributed by atoms with E-state index in [-0.39, 0.29) is 0 Å². The Balaban J connectivity index is 1.58. The predicted octanol–water partition coefficient (Wildman–Crippen LogP) is 4.78. The molecule has 0 aliphatic heterocycles. The number of hydrogen-bond donors (Lipinski definition) is 1. The second-order valence-electron chi connectivity index (χ2n) is 5.48. The summed E-state index contributed by atoms with van der Waals surface area (Å²) in [7, 11) is 1.71. The molecule has 3 rings (SSSR count). The van der Waals surface area contributed by atoms with Gasteiger partial charge in [0.15, 0.2) is 0 Å². The molecule has 0 aromatic heterocycles. The Labute approximate surface area is 130 Å². The first-order chi connectivity index (χ1) is 10.3. The molecule has 0 amide bonds. The van der Waals surface area contributed by atoms with Gasteiger partial charge in [-0.15, -0.1) is 11.8 Å². The van der Waals surface area contributed by atoms with Gasteiger partial charge in [-0.05, 0) is 54.8 Å². The Bertz CT molecular complexity index is 590. The smallest absolute Gasteiger partial charge is 0.118 e. The average Bonchev–Trinajstić information content (AvgIpc) is 2.51. The zero-order valence-electron chi connectivity index (χ0n) is 12.5. The van der Waals surface area contributed by atoms with Crippen molar-refractivity contribution in [3.63, 3.8) is 0 Å². The molecule has 1 aliphatic rings. The normalized spacial score (nSPS) is 20.7. The minimum atomic E-state index is 0.588. The van der Waals surface area contributed by atoms with E-state index < -0.39 is 0 Å². The van der Waals surface area contributed by atoms with Gasteiger partial charge in [0.05, 0.1) is 7.11 Å². The first-order valence-electron chi connectivity index (χ1n) is 7.33. The molecule has 1 aliphatic carbocycles. The lowest BCUT2D eigenvalue weighted by Gasteiger charge is -2.37. The zero-order valence-corrected chi connectivity index (χ0v) is 13.3. The zero-order chi connectivity index (χ0) is 14.7. The van der Waals surface area contributed by atoms with Crippen LogP contribution in [0.4, 0.5) is 5.69 Å². The molecule has 0 heterocycles. The average molecular weight is 299 g/mol. The highest BCUT2D eigenvalue weighted by Crippen LogP contribution is 2.40. The van der Waals surface area contributed by atoms with Crippen LogP contribution in [0.3, 0.4) is 0 Å². The van der Waals surface area contributed by atoms with Crippen LogP contribution < -0.4 is 10.1 Å². The predicted molar refractivity (Wildman–Crippen MR) is 90.6 cm³/mol. The van der Waals surface area contributed by atoms with Crippen molar-refractivity contribution in [3.8, 4) is 5.75 Å².